The number of likely N-dealkylation sites (N-methyl/N-ethyl adjacent to an activating group) is 1. The zero-order valence-electron chi connectivity index (χ0n) is 31.7. The number of aliphatic hydroxyl groups excluding tert-OH is 1. The number of allylic oxidation sites excluding steroid dienone is 1. The van der Waals surface area contributed by atoms with Gasteiger partial charge in [0.25, 0.3) is 0 Å². The number of carbonyl (C=O) groups is 4. The molecule has 2 saturated heterocycles. The minimum Gasteiger partial charge on any atom is -0.455 e. The van der Waals surface area contributed by atoms with Crippen LogP contribution < -0.4 is 0 Å². The first-order valence-corrected chi connectivity index (χ1v) is 19.3. The lowest BCUT2D eigenvalue weighted by Crippen LogP contribution is -2.61. The van der Waals surface area contributed by atoms with E-state index in [9.17, 15) is 14.7 Å². The smallest absolute Gasteiger partial charge is 0.313 e. The summed E-state index contributed by atoms with van der Waals surface area (Å²) in [4.78, 5) is 63.8. The molecule has 0 aromatic heterocycles. The van der Waals surface area contributed by atoms with Gasteiger partial charge in [-0.05, 0) is 56.2 Å². The highest BCUT2D eigenvalue weighted by atomic mass is 79.9. The zero-order chi connectivity index (χ0) is 38.5. The average Bonchev–Trinajstić information content (AvgIpc) is 3.70. The van der Waals surface area contributed by atoms with Crippen LogP contribution >= 0.6 is 15.9 Å². The monoisotopic (exact) mass is 789 g/mol. The van der Waals surface area contributed by atoms with E-state index in [0.717, 1.165) is 0 Å². The number of carbonyl (C=O) groups excluding carboxylic acids is 4. The molecule has 0 radical (unpaired) electrons. The van der Waals surface area contributed by atoms with Crippen LogP contribution in [-0.2, 0) is 28.7 Å². The van der Waals surface area contributed by atoms with Crippen LogP contribution in [0, 0.1) is 17.3 Å². The second kappa shape index (κ2) is 14.8. The van der Waals surface area contributed by atoms with Crippen molar-refractivity contribution < 1.29 is 33.8 Å². The molecule has 8 atom stereocenters. The SMILES string of the molecule is C[C@@H]1[C@@H](c2ccccc2)OC(=O)[C@@H]2[C@H]3O[C@@]4(C=C3Br)[C@H](C(=O)N(C(C)(C)CC(C)(C)C)C/C=C\CCC(=O)N1C)N([C@H](CO)c1ccccc1)C(=O)[C@@H]24. The Balaban J connectivity index is 1.54. The van der Waals surface area contributed by atoms with E-state index >= 15 is 9.59 Å². The van der Waals surface area contributed by atoms with E-state index in [-0.39, 0.29) is 30.2 Å². The lowest BCUT2D eigenvalue weighted by atomic mass is 9.74. The summed E-state index contributed by atoms with van der Waals surface area (Å²) in [6.45, 7) is 12.0. The Morgan fingerprint density at radius 3 is 2.19 bits per heavy atom. The van der Waals surface area contributed by atoms with Gasteiger partial charge in [-0.2, -0.15) is 0 Å². The normalized spacial score (nSPS) is 31.0. The highest BCUT2D eigenvalue weighted by molar-refractivity contribution is 9.11. The molecule has 0 unspecified atom stereocenters. The third-order valence-electron chi connectivity index (χ3n) is 11.3. The lowest BCUT2D eigenvalue weighted by molar-refractivity contribution is -0.164. The van der Waals surface area contributed by atoms with Crippen molar-refractivity contribution in [3.8, 4) is 0 Å². The molecule has 4 heterocycles. The molecule has 4 aliphatic rings. The first-order chi connectivity index (χ1) is 25.0. The molecule has 2 aromatic rings. The van der Waals surface area contributed by atoms with Gasteiger partial charge in [0.2, 0.25) is 17.7 Å². The molecule has 11 heteroatoms. The molecule has 0 aliphatic carbocycles. The summed E-state index contributed by atoms with van der Waals surface area (Å²) in [7, 11) is 1.71. The van der Waals surface area contributed by atoms with Crippen molar-refractivity contribution in [1.29, 1.82) is 0 Å². The van der Waals surface area contributed by atoms with E-state index in [1.807, 2.05) is 93.6 Å². The van der Waals surface area contributed by atoms with Crippen molar-refractivity contribution in [2.75, 3.05) is 20.2 Å². The summed E-state index contributed by atoms with van der Waals surface area (Å²) in [6, 6.07) is 15.8. The quantitative estimate of drug-likeness (QED) is 0.277. The maximum atomic E-state index is 15.5. The number of amides is 3. The molecule has 1 N–H and O–H groups in total. The van der Waals surface area contributed by atoms with Crippen LogP contribution in [0.15, 0.2) is 83.4 Å². The Morgan fingerprint density at radius 1 is 0.925 bits per heavy atom. The van der Waals surface area contributed by atoms with Crippen LogP contribution in [0.1, 0.15) is 84.1 Å². The predicted molar refractivity (Wildman–Crippen MR) is 204 cm³/mol. The van der Waals surface area contributed by atoms with Crippen molar-refractivity contribution in [2.45, 2.75) is 102 Å². The van der Waals surface area contributed by atoms with Crippen molar-refractivity contribution in [3.05, 3.63) is 94.5 Å². The predicted octanol–water partition coefficient (Wildman–Crippen LogP) is 6.12. The third kappa shape index (κ3) is 7.12. The molecular formula is C42H52BrN3O7. The Labute approximate surface area is 321 Å². The first-order valence-electron chi connectivity index (χ1n) is 18.5. The molecule has 6 rings (SSSR count). The fourth-order valence-electron chi connectivity index (χ4n) is 9.15. The summed E-state index contributed by atoms with van der Waals surface area (Å²) >= 11 is 3.66. The van der Waals surface area contributed by atoms with Crippen molar-refractivity contribution in [1.82, 2.24) is 14.7 Å². The fraction of sp³-hybridized carbons (Fsp3) is 0.524. The van der Waals surface area contributed by atoms with Gasteiger partial charge in [0.05, 0.1) is 24.6 Å². The molecule has 2 aromatic carbocycles. The van der Waals surface area contributed by atoms with E-state index in [0.29, 0.717) is 28.5 Å². The second-order valence-electron chi connectivity index (χ2n) is 16.7. The highest BCUT2D eigenvalue weighted by Gasteiger charge is 2.76. The number of halogens is 1. The molecule has 0 saturated carbocycles. The first kappa shape index (κ1) is 38.9. The Kier molecular flexibility index (Phi) is 10.9. The lowest BCUT2D eigenvalue weighted by Gasteiger charge is -2.46. The number of esters is 1. The summed E-state index contributed by atoms with van der Waals surface area (Å²) in [5, 5.41) is 11.0. The van der Waals surface area contributed by atoms with Gasteiger partial charge < -0.3 is 29.3 Å². The number of benzene rings is 2. The molecule has 2 fully saturated rings. The van der Waals surface area contributed by atoms with Crippen molar-refractivity contribution in [3.63, 3.8) is 0 Å². The molecule has 53 heavy (non-hydrogen) atoms. The van der Waals surface area contributed by atoms with Crippen molar-refractivity contribution in [2.24, 2.45) is 17.3 Å². The third-order valence-corrected chi connectivity index (χ3v) is 12.0. The number of fused-ring (bicyclic) bond motifs is 2. The van der Waals surface area contributed by atoms with Gasteiger partial charge in [0.1, 0.15) is 29.8 Å². The maximum absolute atomic E-state index is 15.5. The van der Waals surface area contributed by atoms with Crippen LogP contribution in [0.5, 0.6) is 0 Å². The standard InChI is InChI=1S/C42H52BrN3O7/c1-26-34(28-19-13-9-14-20-28)52-39(51)32-33-37(49)46(30(24-47)27-17-11-8-12-18-27)36(42(33)23-29(43)35(32)53-42)38(50)45(41(5,6)25-40(2,3)4)22-16-10-15-21-31(48)44(26)7/h8-14,16-20,23,26,30,32-36,47H,15,21-22,24-25H2,1-7H3/b16-10-/t26-,30-,32+,33-,34+,35+,36+,42-/m1/s1. The van der Waals surface area contributed by atoms with Gasteiger partial charge in [-0.3, -0.25) is 19.2 Å². The Bertz CT molecular complexity index is 1770. The molecule has 1 spiro atoms. The van der Waals surface area contributed by atoms with Gasteiger partial charge in [0, 0.05) is 30.0 Å². The van der Waals surface area contributed by atoms with E-state index in [4.69, 9.17) is 9.47 Å². The maximum Gasteiger partial charge on any atom is 0.313 e. The minimum atomic E-state index is -1.53. The minimum absolute atomic E-state index is 0.113. The fourth-order valence-corrected chi connectivity index (χ4v) is 9.89. The van der Waals surface area contributed by atoms with E-state index in [1.54, 1.807) is 22.9 Å². The summed E-state index contributed by atoms with van der Waals surface area (Å²) in [6.07, 6.45) is 5.19. The Hall–Kier alpha value is -3.80. The number of nitrogens with zero attached hydrogens (tertiary/aromatic N) is 3. The number of rotatable bonds is 6. The van der Waals surface area contributed by atoms with Crippen LogP contribution in [-0.4, -0.2) is 93.0 Å². The van der Waals surface area contributed by atoms with Gasteiger partial charge >= 0.3 is 5.97 Å². The number of likely N-dealkylation sites (tertiary alicyclic amines) is 1. The summed E-state index contributed by atoms with van der Waals surface area (Å²) < 4.78 is 13.7. The number of hydrogen-bond donors (Lipinski definition) is 1. The number of aliphatic hydroxyl groups is 1. The molecular weight excluding hydrogens is 738 g/mol. The van der Waals surface area contributed by atoms with Gasteiger partial charge in [-0.15, -0.1) is 0 Å². The molecule has 5 bridgehead atoms. The van der Waals surface area contributed by atoms with E-state index < -0.39 is 71.8 Å². The van der Waals surface area contributed by atoms with E-state index in [2.05, 4.69) is 36.7 Å². The largest absolute Gasteiger partial charge is 0.455 e. The van der Waals surface area contributed by atoms with Gasteiger partial charge in [-0.25, -0.2) is 0 Å². The van der Waals surface area contributed by atoms with Crippen LogP contribution in [0.25, 0.3) is 0 Å². The van der Waals surface area contributed by atoms with Crippen LogP contribution in [0.2, 0.25) is 0 Å². The summed E-state index contributed by atoms with van der Waals surface area (Å²) in [5.41, 5.74) is -1.03. The average molecular weight is 791 g/mol. The molecule has 10 nitrogen and oxygen atoms in total. The van der Waals surface area contributed by atoms with Gasteiger partial charge in [-0.1, -0.05) is 110 Å². The zero-order valence-corrected chi connectivity index (χ0v) is 33.3. The molecule has 284 valence electrons. The number of cyclic esters (lactones) is 1. The highest BCUT2D eigenvalue weighted by Crippen LogP contribution is 2.60. The topological polar surface area (TPSA) is 117 Å². The number of hydrogen-bond acceptors (Lipinski definition) is 7. The van der Waals surface area contributed by atoms with Crippen molar-refractivity contribution >= 4 is 39.6 Å². The van der Waals surface area contributed by atoms with Crippen LogP contribution in [0.3, 0.4) is 0 Å². The molecule has 4 aliphatic heterocycles. The van der Waals surface area contributed by atoms with E-state index in [1.165, 1.54) is 4.90 Å². The second-order valence-corrected chi connectivity index (χ2v) is 17.6. The number of ether oxygens (including phenoxy) is 2. The molecule has 3 amide bonds. The van der Waals surface area contributed by atoms with Gasteiger partial charge in [0.15, 0.2) is 0 Å². The van der Waals surface area contributed by atoms with Crippen LogP contribution in [0.4, 0.5) is 0 Å². The Morgan fingerprint density at radius 2 is 1.57 bits per heavy atom. The summed E-state index contributed by atoms with van der Waals surface area (Å²) in [5.74, 6) is -3.81.